The Morgan fingerprint density at radius 2 is 2.25 bits per heavy atom. The van der Waals surface area contributed by atoms with E-state index >= 15 is 0 Å². The molecule has 4 nitrogen and oxygen atoms in total. The van der Waals surface area contributed by atoms with Gasteiger partial charge in [0.25, 0.3) is 0 Å². The topological polar surface area (TPSA) is 72.5 Å². The third kappa shape index (κ3) is 4.55. The maximum Gasteiger partial charge on any atom is 0.335 e. The molecule has 0 aliphatic carbocycles. The predicted molar refractivity (Wildman–Crippen MR) is 65.3 cm³/mol. The Kier molecular flexibility index (Phi) is 5.74. The van der Waals surface area contributed by atoms with E-state index in [4.69, 9.17) is 15.6 Å². The van der Waals surface area contributed by atoms with Crippen LogP contribution in [0.15, 0.2) is 24.3 Å². The Morgan fingerprint density at radius 1 is 1.44 bits per heavy atom. The zero-order valence-corrected chi connectivity index (χ0v) is 9.70. The van der Waals surface area contributed by atoms with Crippen molar-refractivity contribution in [2.45, 2.75) is 0 Å². The molecule has 0 unspecified atom stereocenters. The normalized spacial score (nSPS) is 10.1. The Hall–Kier alpha value is -1.20. The Balaban J connectivity index is 2.36. The van der Waals surface area contributed by atoms with E-state index in [-0.39, 0.29) is 5.56 Å². The van der Waals surface area contributed by atoms with Gasteiger partial charge in [-0.2, -0.15) is 11.8 Å². The van der Waals surface area contributed by atoms with Crippen molar-refractivity contribution in [3.63, 3.8) is 0 Å². The van der Waals surface area contributed by atoms with E-state index in [9.17, 15) is 4.79 Å². The lowest BCUT2D eigenvalue weighted by Gasteiger charge is -2.06. The van der Waals surface area contributed by atoms with E-state index in [1.807, 2.05) is 0 Å². The zero-order valence-electron chi connectivity index (χ0n) is 8.89. The number of hydrogen-bond donors (Lipinski definition) is 2. The molecule has 3 N–H and O–H groups in total. The fourth-order valence-corrected chi connectivity index (χ4v) is 1.69. The van der Waals surface area contributed by atoms with Crippen molar-refractivity contribution in [1.82, 2.24) is 0 Å². The van der Waals surface area contributed by atoms with Crippen LogP contribution in [0.5, 0.6) is 5.75 Å². The van der Waals surface area contributed by atoms with E-state index in [0.29, 0.717) is 18.9 Å². The standard InChI is InChI=1S/C11H15NO3S/c12-4-6-16-7-5-15-10-3-1-2-9(8-10)11(13)14/h1-3,8H,4-7,12H2,(H,13,14). The molecule has 0 heterocycles. The van der Waals surface area contributed by atoms with E-state index < -0.39 is 5.97 Å². The van der Waals surface area contributed by atoms with Crippen molar-refractivity contribution >= 4 is 17.7 Å². The minimum atomic E-state index is -0.942. The quantitative estimate of drug-likeness (QED) is 0.707. The highest BCUT2D eigenvalue weighted by Crippen LogP contribution is 2.13. The molecule has 0 saturated heterocycles. The zero-order chi connectivity index (χ0) is 11.8. The summed E-state index contributed by atoms with van der Waals surface area (Å²) in [5, 5.41) is 8.78. The highest BCUT2D eigenvalue weighted by atomic mass is 32.2. The van der Waals surface area contributed by atoms with Gasteiger partial charge in [0.15, 0.2) is 0 Å². The summed E-state index contributed by atoms with van der Waals surface area (Å²) < 4.78 is 5.42. The molecule has 5 heteroatoms. The molecule has 1 aromatic rings. The molecule has 0 aliphatic heterocycles. The van der Waals surface area contributed by atoms with E-state index in [0.717, 1.165) is 11.5 Å². The average Bonchev–Trinajstić information content (AvgIpc) is 2.29. The van der Waals surface area contributed by atoms with E-state index in [2.05, 4.69) is 0 Å². The number of nitrogens with two attached hydrogens (primary N) is 1. The first-order valence-corrected chi connectivity index (χ1v) is 6.13. The first-order valence-electron chi connectivity index (χ1n) is 4.98. The lowest BCUT2D eigenvalue weighted by molar-refractivity contribution is 0.0696. The molecule has 0 atom stereocenters. The molecule has 0 spiro atoms. The third-order valence-electron chi connectivity index (χ3n) is 1.84. The van der Waals surface area contributed by atoms with Crippen molar-refractivity contribution in [1.29, 1.82) is 0 Å². The number of ether oxygens (including phenoxy) is 1. The molecule has 0 aliphatic rings. The monoisotopic (exact) mass is 241 g/mol. The van der Waals surface area contributed by atoms with Gasteiger partial charge in [0, 0.05) is 18.1 Å². The SMILES string of the molecule is NCCSCCOc1cccc(C(=O)O)c1. The smallest absolute Gasteiger partial charge is 0.335 e. The van der Waals surface area contributed by atoms with Gasteiger partial charge >= 0.3 is 5.97 Å². The second-order valence-corrected chi connectivity index (χ2v) is 4.31. The molecule has 0 fully saturated rings. The maximum atomic E-state index is 10.7. The van der Waals surface area contributed by atoms with Gasteiger partial charge < -0.3 is 15.6 Å². The molecule has 88 valence electrons. The number of benzene rings is 1. The highest BCUT2D eigenvalue weighted by Gasteiger charge is 2.03. The van der Waals surface area contributed by atoms with Crippen LogP contribution < -0.4 is 10.5 Å². The van der Waals surface area contributed by atoms with Crippen molar-refractivity contribution < 1.29 is 14.6 Å². The molecule has 16 heavy (non-hydrogen) atoms. The number of carboxylic acid groups (broad SMARTS) is 1. The summed E-state index contributed by atoms with van der Waals surface area (Å²) in [5.74, 6) is 1.42. The van der Waals surface area contributed by atoms with Gasteiger partial charge in [0.1, 0.15) is 5.75 Å². The Bertz CT molecular complexity index is 344. The minimum absolute atomic E-state index is 0.243. The predicted octanol–water partition coefficient (Wildman–Crippen LogP) is 1.46. The summed E-state index contributed by atoms with van der Waals surface area (Å²) in [5.41, 5.74) is 5.59. The molecular formula is C11H15NO3S. The summed E-state index contributed by atoms with van der Waals surface area (Å²) in [7, 11) is 0. The van der Waals surface area contributed by atoms with Gasteiger partial charge in [0.05, 0.1) is 12.2 Å². The van der Waals surface area contributed by atoms with Crippen LogP contribution in [0.25, 0.3) is 0 Å². The first-order chi connectivity index (χ1) is 7.74. The van der Waals surface area contributed by atoms with Crippen molar-refractivity contribution in [2.75, 3.05) is 24.7 Å². The fraction of sp³-hybridized carbons (Fsp3) is 0.364. The lowest BCUT2D eigenvalue weighted by atomic mass is 10.2. The Labute approximate surface area is 98.8 Å². The van der Waals surface area contributed by atoms with Gasteiger partial charge in [-0.3, -0.25) is 0 Å². The first kappa shape index (κ1) is 12.9. The summed E-state index contributed by atoms with van der Waals surface area (Å²) in [6.45, 7) is 1.23. The van der Waals surface area contributed by atoms with Gasteiger partial charge in [-0.05, 0) is 18.2 Å². The molecular weight excluding hydrogens is 226 g/mol. The fourth-order valence-electron chi connectivity index (χ4n) is 1.12. The number of hydrogen-bond acceptors (Lipinski definition) is 4. The van der Waals surface area contributed by atoms with E-state index in [1.165, 1.54) is 6.07 Å². The summed E-state index contributed by atoms with van der Waals surface area (Å²) in [6.07, 6.45) is 0. The number of carbonyl (C=O) groups is 1. The number of thioether (sulfide) groups is 1. The number of aromatic carboxylic acids is 1. The lowest BCUT2D eigenvalue weighted by Crippen LogP contribution is -2.06. The van der Waals surface area contributed by atoms with Crippen LogP contribution in [0.1, 0.15) is 10.4 Å². The molecule has 0 aromatic heterocycles. The summed E-state index contributed by atoms with van der Waals surface area (Å²) in [6, 6.07) is 6.49. The largest absolute Gasteiger partial charge is 0.493 e. The van der Waals surface area contributed by atoms with Crippen LogP contribution >= 0.6 is 11.8 Å². The molecule has 0 saturated carbocycles. The summed E-state index contributed by atoms with van der Waals surface area (Å²) >= 11 is 1.72. The van der Waals surface area contributed by atoms with Crippen LogP contribution in [-0.2, 0) is 0 Å². The van der Waals surface area contributed by atoms with E-state index in [1.54, 1.807) is 30.0 Å². The van der Waals surface area contributed by atoms with Crippen LogP contribution in [0.3, 0.4) is 0 Å². The Morgan fingerprint density at radius 3 is 2.94 bits per heavy atom. The van der Waals surface area contributed by atoms with Gasteiger partial charge in [-0.25, -0.2) is 4.79 Å². The van der Waals surface area contributed by atoms with Crippen molar-refractivity contribution in [3.05, 3.63) is 29.8 Å². The summed E-state index contributed by atoms with van der Waals surface area (Å²) in [4.78, 5) is 10.7. The van der Waals surface area contributed by atoms with Crippen molar-refractivity contribution in [2.24, 2.45) is 5.73 Å². The number of rotatable bonds is 7. The van der Waals surface area contributed by atoms with Gasteiger partial charge in [-0.1, -0.05) is 6.07 Å². The van der Waals surface area contributed by atoms with Crippen molar-refractivity contribution in [3.8, 4) is 5.75 Å². The van der Waals surface area contributed by atoms with Crippen LogP contribution in [0.4, 0.5) is 0 Å². The van der Waals surface area contributed by atoms with Gasteiger partial charge in [0.2, 0.25) is 0 Å². The molecule has 1 rings (SSSR count). The van der Waals surface area contributed by atoms with Crippen LogP contribution in [-0.4, -0.2) is 35.7 Å². The van der Waals surface area contributed by atoms with Gasteiger partial charge in [-0.15, -0.1) is 0 Å². The highest BCUT2D eigenvalue weighted by molar-refractivity contribution is 7.99. The molecule has 0 bridgehead atoms. The molecule has 0 radical (unpaired) electrons. The second kappa shape index (κ2) is 7.14. The van der Waals surface area contributed by atoms with Crippen LogP contribution in [0.2, 0.25) is 0 Å². The maximum absolute atomic E-state index is 10.7. The van der Waals surface area contributed by atoms with Crippen LogP contribution in [0, 0.1) is 0 Å². The molecule has 1 aromatic carbocycles. The third-order valence-corrected chi connectivity index (χ3v) is 2.82. The number of carboxylic acids is 1. The molecule has 0 amide bonds. The minimum Gasteiger partial charge on any atom is -0.493 e. The second-order valence-electron chi connectivity index (χ2n) is 3.08. The average molecular weight is 241 g/mol.